The number of hydrogen-bond acceptors (Lipinski definition) is 5. The second kappa shape index (κ2) is 9.07. The standard InChI is InChI=1S/C26H23F4N5O/c1-14-4-3-5-19(27)22(14)17-7-6-16(10-17)18-11-20-24(34-15(2)12-33-20)35(25(18)36)13-21-23(26(28,29)30)32-9-8-31-21/h3-5,8-9,11-12,16-17H,6-7,10,13H2,1-2H3/t16-,17-/m0/s1. The number of halogens is 4. The third kappa shape index (κ3) is 4.36. The normalized spacial score (nSPS) is 18.2. The van der Waals surface area contributed by atoms with Crippen molar-refractivity contribution < 1.29 is 17.6 Å². The Hall–Kier alpha value is -3.69. The van der Waals surface area contributed by atoms with Gasteiger partial charge in [-0.1, -0.05) is 12.1 Å². The fourth-order valence-electron chi connectivity index (χ4n) is 5.23. The van der Waals surface area contributed by atoms with Crippen molar-refractivity contribution in [2.45, 2.75) is 57.7 Å². The predicted octanol–water partition coefficient (Wildman–Crippen LogP) is 5.46. The zero-order valence-electron chi connectivity index (χ0n) is 19.7. The van der Waals surface area contributed by atoms with Crippen LogP contribution in [-0.2, 0) is 12.7 Å². The van der Waals surface area contributed by atoms with Gasteiger partial charge in [-0.2, -0.15) is 13.2 Å². The summed E-state index contributed by atoms with van der Waals surface area (Å²) >= 11 is 0. The van der Waals surface area contributed by atoms with E-state index in [0.717, 1.165) is 18.0 Å². The summed E-state index contributed by atoms with van der Waals surface area (Å²) in [6.07, 6.45) is 0.862. The molecule has 3 aromatic heterocycles. The van der Waals surface area contributed by atoms with Gasteiger partial charge in [-0.25, -0.2) is 14.4 Å². The van der Waals surface area contributed by atoms with Crippen LogP contribution >= 0.6 is 0 Å². The minimum atomic E-state index is -4.72. The summed E-state index contributed by atoms with van der Waals surface area (Å²) in [5.41, 5.74) is 1.10. The molecular formula is C26H23F4N5O. The number of alkyl halides is 3. The molecule has 5 rings (SSSR count). The lowest BCUT2D eigenvalue weighted by atomic mass is 9.90. The number of aromatic nitrogens is 5. The van der Waals surface area contributed by atoms with Gasteiger partial charge < -0.3 is 0 Å². The topological polar surface area (TPSA) is 73.6 Å². The summed E-state index contributed by atoms with van der Waals surface area (Å²) in [6, 6.07) is 6.65. The first kappa shape index (κ1) is 24.0. The fraction of sp³-hybridized carbons (Fsp3) is 0.346. The fourth-order valence-corrected chi connectivity index (χ4v) is 5.23. The lowest BCUT2D eigenvalue weighted by Crippen LogP contribution is -2.28. The monoisotopic (exact) mass is 497 g/mol. The quantitative estimate of drug-likeness (QED) is 0.350. The minimum absolute atomic E-state index is 0.0549. The Balaban J connectivity index is 1.60. The predicted molar refractivity (Wildman–Crippen MR) is 125 cm³/mol. The molecule has 1 aromatic carbocycles. The summed E-state index contributed by atoms with van der Waals surface area (Å²) < 4.78 is 56.5. The van der Waals surface area contributed by atoms with Crippen molar-refractivity contribution in [1.82, 2.24) is 24.5 Å². The van der Waals surface area contributed by atoms with E-state index in [-0.39, 0.29) is 29.0 Å². The molecule has 0 unspecified atom stereocenters. The molecule has 1 saturated carbocycles. The number of hydrogen-bond donors (Lipinski definition) is 0. The Labute approximate surface area is 204 Å². The van der Waals surface area contributed by atoms with Crippen LogP contribution in [0.3, 0.4) is 0 Å². The molecule has 0 radical (unpaired) electrons. The van der Waals surface area contributed by atoms with Crippen molar-refractivity contribution in [1.29, 1.82) is 0 Å². The zero-order valence-corrected chi connectivity index (χ0v) is 19.7. The molecule has 0 spiro atoms. The van der Waals surface area contributed by atoms with E-state index in [4.69, 9.17) is 0 Å². The Morgan fingerprint density at radius 1 is 1.06 bits per heavy atom. The Bertz CT molecular complexity index is 1490. The number of fused-ring (bicyclic) bond motifs is 1. The molecule has 0 aliphatic heterocycles. The van der Waals surface area contributed by atoms with E-state index >= 15 is 0 Å². The second-order valence-corrected chi connectivity index (χ2v) is 9.24. The Morgan fingerprint density at radius 3 is 2.56 bits per heavy atom. The first-order chi connectivity index (χ1) is 17.1. The van der Waals surface area contributed by atoms with Crippen molar-refractivity contribution in [2.75, 3.05) is 0 Å². The molecule has 6 nitrogen and oxygen atoms in total. The van der Waals surface area contributed by atoms with Gasteiger partial charge >= 0.3 is 6.18 Å². The van der Waals surface area contributed by atoms with Gasteiger partial charge in [0.15, 0.2) is 11.3 Å². The minimum Gasteiger partial charge on any atom is -0.285 e. The van der Waals surface area contributed by atoms with Crippen LogP contribution in [0.2, 0.25) is 0 Å². The Morgan fingerprint density at radius 2 is 1.81 bits per heavy atom. The third-order valence-electron chi connectivity index (χ3n) is 6.84. The van der Waals surface area contributed by atoms with Gasteiger partial charge in [0.25, 0.3) is 5.56 Å². The molecule has 10 heteroatoms. The van der Waals surface area contributed by atoms with Crippen molar-refractivity contribution in [3.63, 3.8) is 0 Å². The lowest BCUT2D eigenvalue weighted by Gasteiger charge is -2.18. The summed E-state index contributed by atoms with van der Waals surface area (Å²) in [4.78, 5) is 29.8. The van der Waals surface area contributed by atoms with Crippen LogP contribution in [0.5, 0.6) is 0 Å². The van der Waals surface area contributed by atoms with E-state index in [1.54, 1.807) is 25.3 Å². The smallest absolute Gasteiger partial charge is 0.285 e. The van der Waals surface area contributed by atoms with E-state index in [1.807, 2.05) is 13.0 Å². The molecule has 1 aliphatic rings. The van der Waals surface area contributed by atoms with E-state index in [2.05, 4.69) is 19.9 Å². The van der Waals surface area contributed by atoms with Crippen LogP contribution in [0.25, 0.3) is 11.2 Å². The molecule has 186 valence electrons. The van der Waals surface area contributed by atoms with Gasteiger partial charge in [0.2, 0.25) is 0 Å². The van der Waals surface area contributed by atoms with Crippen molar-refractivity contribution in [2.24, 2.45) is 0 Å². The van der Waals surface area contributed by atoms with Gasteiger partial charge in [-0.3, -0.25) is 19.3 Å². The van der Waals surface area contributed by atoms with Crippen LogP contribution < -0.4 is 5.56 Å². The third-order valence-corrected chi connectivity index (χ3v) is 6.84. The maximum Gasteiger partial charge on any atom is 0.435 e. The first-order valence-corrected chi connectivity index (χ1v) is 11.6. The maximum absolute atomic E-state index is 14.6. The van der Waals surface area contributed by atoms with Gasteiger partial charge in [0, 0.05) is 24.2 Å². The highest BCUT2D eigenvalue weighted by Crippen LogP contribution is 2.44. The van der Waals surface area contributed by atoms with Crippen molar-refractivity contribution in [3.8, 4) is 0 Å². The van der Waals surface area contributed by atoms with Crippen LogP contribution in [0.1, 0.15) is 64.9 Å². The van der Waals surface area contributed by atoms with Gasteiger partial charge in [0.1, 0.15) is 11.3 Å². The van der Waals surface area contributed by atoms with Crippen LogP contribution in [-0.4, -0.2) is 24.5 Å². The molecule has 0 bridgehead atoms. The second-order valence-electron chi connectivity index (χ2n) is 9.24. The molecule has 1 fully saturated rings. The Kier molecular flexibility index (Phi) is 6.05. The molecule has 2 atom stereocenters. The van der Waals surface area contributed by atoms with E-state index < -0.39 is 24.0 Å². The summed E-state index contributed by atoms with van der Waals surface area (Å²) in [5.74, 6) is -0.509. The van der Waals surface area contributed by atoms with Crippen molar-refractivity contribution in [3.05, 3.63) is 92.8 Å². The van der Waals surface area contributed by atoms with Crippen molar-refractivity contribution >= 4 is 11.2 Å². The highest BCUT2D eigenvalue weighted by atomic mass is 19.4. The molecule has 36 heavy (non-hydrogen) atoms. The molecule has 0 saturated heterocycles. The molecule has 0 N–H and O–H groups in total. The average Bonchev–Trinajstić information content (AvgIpc) is 3.30. The lowest BCUT2D eigenvalue weighted by molar-refractivity contribution is -0.142. The number of pyridine rings is 1. The van der Waals surface area contributed by atoms with E-state index in [9.17, 15) is 22.4 Å². The summed E-state index contributed by atoms with van der Waals surface area (Å²) in [6.45, 7) is 3.11. The van der Waals surface area contributed by atoms with Crippen LogP contribution in [0.15, 0.2) is 47.7 Å². The number of aryl methyl sites for hydroxylation is 2. The number of rotatable bonds is 4. The van der Waals surface area contributed by atoms with Crippen LogP contribution in [0, 0.1) is 19.7 Å². The molecular weight excluding hydrogens is 474 g/mol. The largest absolute Gasteiger partial charge is 0.435 e. The van der Waals surface area contributed by atoms with Gasteiger partial charge in [0.05, 0.1) is 17.9 Å². The highest BCUT2D eigenvalue weighted by Gasteiger charge is 2.37. The SMILES string of the molecule is Cc1cnc2cc([C@H]3CC[C@H](c4c(C)cccc4F)C3)c(=O)n(Cc3nccnc3C(F)(F)F)c2n1. The molecule has 3 heterocycles. The average molecular weight is 497 g/mol. The summed E-state index contributed by atoms with van der Waals surface area (Å²) in [7, 11) is 0. The number of nitrogens with zero attached hydrogens (tertiary/aromatic N) is 5. The maximum atomic E-state index is 14.6. The number of benzene rings is 1. The summed E-state index contributed by atoms with van der Waals surface area (Å²) in [5, 5.41) is 0. The van der Waals surface area contributed by atoms with E-state index in [0.29, 0.717) is 41.6 Å². The highest BCUT2D eigenvalue weighted by molar-refractivity contribution is 5.71. The van der Waals surface area contributed by atoms with E-state index in [1.165, 1.54) is 10.6 Å². The van der Waals surface area contributed by atoms with Gasteiger partial charge in [-0.15, -0.1) is 0 Å². The van der Waals surface area contributed by atoms with Gasteiger partial charge in [-0.05, 0) is 68.2 Å². The molecule has 4 aromatic rings. The van der Waals surface area contributed by atoms with Crippen LogP contribution in [0.4, 0.5) is 17.6 Å². The zero-order chi connectivity index (χ0) is 25.6. The first-order valence-electron chi connectivity index (χ1n) is 11.6. The molecule has 0 amide bonds. The molecule has 1 aliphatic carbocycles.